The molecule has 2 aromatic heterocycles. The summed E-state index contributed by atoms with van der Waals surface area (Å²) >= 11 is 2.83. The standard InChI is InChI=1S/C25H24FN3O4S2/c26-16-7-5-14(6-8-16)21-19(28-24(35-21)15-3-4-15)25(31)29-9-1-2-17(12-29)27-23(30)22-20-18(13-34-22)32-10-11-33-20/h5-8,13,15,17H,1-4,9-12H2,(H,27,30)/t17-/m1/s1. The number of fused-ring (bicyclic) bond motifs is 1. The lowest BCUT2D eigenvalue weighted by Gasteiger charge is -2.33. The Balaban J connectivity index is 1.20. The number of halogens is 1. The highest BCUT2D eigenvalue weighted by Gasteiger charge is 2.34. The maximum atomic E-state index is 13.6. The molecule has 10 heteroatoms. The zero-order valence-corrected chi connectivity index (χ0v) is 20.6. The molecule has 7 nitrogen and oxygen atoms in total. The van der Waals surface area contributed by atoms with Gasteiger partial charge in [-0.05, 0) is 43.4 Å². The maximum absolute atomic E-state index is 13.6. The first-order valence-electron chi connectivity index (χ1n) is 11.8. The minimum absolute atomic E-state index is 0.142. The fourth-order valence-electron chi connectivity index (χ4n) is 4.48. The molecule has 0 unspecified atom stereocenters. The minimum Gasteiger partial charge on any atom is -0.485 e. The van der Waals surface area contributed by atoms with Crippen LogP contribution < -0.4 is 14.8 Å². The van der Waals surface area contributed by atoms with Crippen LogP contribution in [0.2, 0.25) is 0 Å². The topological polar surface area (TPSA) is 80.8 Å². The number of benzene rings is 1. The summed E-state index contributed by atoms with van der Waals surface area (Å²) in [5, 5.41) is 5.84. The maximum Gasteiger partial charge on any atom is 0.274 e. The molecule has 0 bridgehead atoms. The normalized spacial score (nSPS) is 19.5. The zero-order chi connectivity index (χ0) is 23.9. The first-order valence-corrected chi connectivity index (χ1v) is 13.5. The van der Waals surface area contributed by atoms with E-state index in [0.717, 1.165) is 41.1 Å². The third-order valence-electron chi connectivity index (χ3n) is 6.43. The average Bonchev–Trinajstić information content (AvgIpc) is 3.48. The predicted octanol–water partition coefficient (Wildman–Crippen LogP) is 4.69. The van der Waals surface area contributed by atoms with E-state index in [-0.39, 0.29) is 23.7 Å². The number of thiophene rings is 1. The lowest BCUT2D eigenvalue weighted by molar-refractivity contribution is 0.0671. The van der Waals surface area contributed by atoms with Gasteiger partial charge < -0.3 is 19.7 Å². The van der Waals surface area contributed by atoms with Crippen molar-refractivity contribution < 1.29 is 23.5 Å². The molecule has 0 spiro atoms. The molecule has 1 aliphatic carbocycles. The Bertz CT molecular complexity index is 1270. The quantitative estimate of drug-likeness (QED) is 0.535. The van der Waals surface area contributed by atoms with Crippen LogP contribution >= 0.6 is 22.7 Å². The summed E-state index contributed by atoms with van der Waals surface area (Å²) < 4.78 is 24.7. The molecule has 0 radical (unpaired) electrons. The number of ether oxygens (including phenoxy) is 2. The number of hydrogen-bond donors (Lipinski definition) is 1. The van der Waals surface area contributed by atoms with Crippen molar-refractivity contribution in [2.45, 2.75) is 37.6 Å². The summed E-state index contributed by atoms with van der Waals surface area (Å²) in [6.45, 7) is 1.91. The molecule has 35 heavy (non-hydrogen) atoms. The highest BCUT2D eigenvalue weighted by atomic mass is 32.1. The third-order valence-corrected chi connectivity index (χ3v) is 8.64. The number of thiazole rings is 1. The average molecular weight is 514 g/mol. The third kappa shape index (κ3) is 4.52. The molecule has 3 aliphatic rings. The van der Waals surface area contributed by atoms with E-state index in [9.17, 15) is 14.0 Å². The molecule has 182 valence electrons. The monoisotopic (exact) mass is 513 g/mol. The lowest BCUT2D eigenvalue weighted by Crippen LogP contribution is -2.49. The fraction of sp³-hybridized carbons (Fsp3) is 0.400. The first kappa shape index (κ1) is 22.5. The van der Waals surface area contributed by atoms with Crippen LogP contribution in [0, 0.1) is 5.82 Å². The molecule has 1 atom stereocenters. The van der Waals surface area contributed by atoms with Crippen LogP contribution in [0.5, 0.6) is 11.5 Å². The van der Waals surface area contributed by atoms with Crippen molar-refractivity contribution in [1.29, 1.82) is 0 Å². The summed E-state index contributed by atoms with van der Waals surface area (Å²) in [7, 11) is 0. The Kier molecular flexibility index (Phi) is 5.93. The number of hydrogen-bond acceptors (Lipinski definition) is 7. The molecule has 1 saturated heterocycles. The summed E-state index contributed by atoms with van der Waals surface area (Å²) in [5.41, 5.74) is 1.22. The smallest absolute Gasteiger partial charge is 0.274 e. The van der Waals surface area contributed by atoms with Crippen molar-refractivity contribution in [1.82, 2.24) is 15.2 Å². The van der Waals surface area contributed by atoms with E-state index in [0.29, 0.717) is 54.3 Å². The van der Waals surface area contributed by atoms with Crippen molar-refractivity contribution in [2.24, 2.45) is 0 Å². The van der Waals surface area contributed by atoms with Crippen LogP contribution in [0.4, 0.5) is 4.39 Å². The molecule has 1 N–H and O–H groups in total. The largest absolute Gasteiger partial charge is 0.485 e. The van der Waals surface area contributed by atoms with Crippen molar-refractivity contribution in [3.63, 3.8) is 0 Å². The van der Waals surface area contributed by atoms with Gasteiger partial charge in [0.15, 0.2) is 11.5 Å². The van der Waals surface area contributed by atoms with E-state index >= 15 is 0 Å². The van der Waals surface area contributed by atoms with Gasteiger partial charge in [-0.1, -0.05) is 12.1 Å². The molecule has 2 amide bonds. The molecule has 2 aliphatic heterocycles. The van der Waals surface area contributed by atoms with Crippen LogP contribution in [0.15, 0.2) is 29.6 Å². The Hall–Kier alpha value is -2.98. The predicted molar refractivity (Wildman–Crippen MR) is 131 cm³/mol. The molecular weight excluding hydrogens is 489 g/mol. The number of nitrogens with zero attached hydrogens (tertiary/aromatic N) is 2. The molecule has 6 rings (SSSR count). The van der Waals surface area contributed by atoms with Crippen molar-refractivity contribution in [2.75, 3.05) is 26.3 Å². The molecule has 3 aromatic rings. The van der Waals surface area contributed by atoms with Gasteiger partial charge in [0, 0.05) is 30.4 Å². The van der Waals surface area contributed by atoms with Gasteiger partial charge in [-0.15, -0.1) is 22.7 Å². The second kappa shape index (κ2) is 9.23. The van der Waals surface area contributed by atoms with Crippen molar-refractivity contribution >= 4 is 34.5 Å². The van der Waals surface area contributed by atoms with E-state index in [4.69, 9.17) is 14.5 Å². The molecule has 1 aromatic carbocycles. The van der Waals surface area contributed by atoms with Crippen LogP contribution in [-0.2, 0) is 0 Å². The van der Waals surface area contributed by atoms with Gasteiger partial charge >= 0.3 is 0 Å². The number of rotatable bonds is 5. The van der Waals surface area contributed by atoms with E-state index in [1.54, 1.807) is 22.4 Å². The number of piperidine rings is 1. The summed E-state index contributed by atoms with van der Waals surface area (Å²) in [5.74, 6) is 0.857. The van der Waals surface area contributed by atoms with E-state index in [1.165, 1.54) is 34.8 Å². The Morgan fingerprint density at radius 3 is 2.71 bits per heavy atom. The van der Waals surface area contributed by atoms with Crippen LogP contribution in [0.25, 0.3) is 10.4 Å². The highest BCUT2D eigenvalue weighted by molar-refractivity contribution is 7.15. The van der Waals surface area contributed by atoms with Gasteiger partial charge in [0.2, 0.25) is 0 Å². The number of carbonyl (C=O) groups is 2. The van der Waals surface area contributed by atoms with Gasteiger partial charge in [-0.3, -0.25) is 9.59 Å². The summed E-state index contributed by atoms with van der Waals surface area (Å²) in [6.07, 6.45) is 3.74. The second-order valence-electron chi connectivity index (χ2n) is 9.03. The number of amides is 2. The Labute approximate surface area is 209 Å². The van der Waals surface area contributed by atoms with Gasteiger partial charge in [-0.2, -0.15) is 0 Å². The fourth-order valence-corrected chi connectivity index (χ4v) is 6.55. The lowest BCUT2D eigenvalue weighted by atomic mass is 10.0. The number of nitrogens with one attached hydrogen (secondary N) is 1. The van der Waals surface area contributed by atoms with Gasteiger partial charge in [0.05, 0.1) is 9.88 Å². The van der Waals surface area contributed by atoms with E-state index in [1.807, 2.05) is 0 Å². The van der Waals surface area contributed by atoms with Crippen molar-refractivity contribution in [3.05, 3.63) is 51.0 Å². The molecule has 1 saturated carbocycles. The van der Waals surface area contributed by atoms with Crippen LogP contribution in [0.1, 0.15) is 56.8 Å². The van der Waals surface area contributed by atoms with Crippen LogP contribution in [0.3, 0.4) is 0 Å². The Morgan fingerprint density at radius 2 is 1.91 bits per heavy atom. The summed E-state index contributed by atoms with van der Waals surface area (Å²) in [4.78, 5) is 34.4. The molecule has 4 heterocycles. The number of aromatic nitrogens is 1. The minimum atomic E-state index is -0.313. The van der Waals surface area contributed by atoms with E-state index < -0.39 is 0 Å². The van der Waals surface area contributed by atoms with Crippen molar-refractivity contribution in [3.8, 4) is 21.9 Å². The Morgan fingerprint density at radius 1 is 1.11 bits per heavy atom. The summed E-state index contributed by atoms with van der Waals surface area (Å²) in [6, 6.07) is 6.04. The highest BCUT2D eigenvalue weighted by Crippen LogP contribution is 2.45. The number of likely N-dealkylation sites (tertiary alicyclic amines) is 1. The first-order chi connectivity index (χ1) is 17.1. The zero-order valence-electron chi connectivity index (χ0n) is 18.9. The second-order valence-corrected chi connectivity index (χ2v) is 10.9. The molecule has 2 fully saturated rings. The van der Waals surface area contributed by atoms with Gasteiger partial charge in [0.1, 0.15) is 29.6 Å². The van der Waals surface area contributed by atoms with Gasteiger partial charge in [-0.25, -0.2) is 9.37 Å². The van der Waals surface area contributed by atoms with Gasteiger partial charge in [0.25, 0.3) is 11.8 Å². The number of carbonyl (C=O) groups excluding carboxylic acids is 2. The van der Waals surface area contributed by atoms with Crippen LogP contribution in [-0.4, -0.2) is 54.0 Å². The SMILES string of the molecule is O=C(N[C@@H]1CCCN(C(=O)c2nc(C3CC3)sc2-c2ccc(F)cc2)C1)c1scc2c1OCCO2. The van der Waals surface area contributed by atoms with E-state index in [2.05, 4.69) is 5.32 Å². The molecular formula is C25H24FN3O4S2.